The van der Waals surface area contributed by atoms with E-state index in [4.69, 9.17) is 0 Å². The highest BCUT2D eigenvalue weighted by atomic mass is 79.9. The van der Waals surface area contributed by atoms with Crippen molar-refractivity contribution in [2.24, 2.45) is 0 Å². The SMILES string of the molecule is CN(C(=O)c1cccc(Br)c1)c1ccccc1O. The number of hydrogen-bond acceptors (Lipinski definition) is 2. The smallest absolute Gasteiger partial charge is 0.258 e. The summed E-state index contributed by atoms with van der Waals surface area (Å²) in [6.45, 7) is 0. The van der Waals surface area contributed by atoms with Crippen molar-refractivity contribution < 1.29 is 9.90 Å². The quantitative estimate of drug-likeness (QED) is 0.923. The zero-order valence-corrected chi connectivity index (χ0v) is 11.4. The molecule has 0 saturated carbocycles. The first kappa shape index (κ1) is 12.6. The summed E-state index contributed by atoms with van der Waals surface area (Å²) in [6, 6.07) is 13.9. The van der Waals surface area contributed by atoms with Crippen LogP contribution in [0, 0.1) is 0 Å². The van der Waals surface area contributed by atoms with E-state index in [1.807, 2.05) is 6.07 Å². The van der Waals surface area contributed by atoms with Crippen molar-refractivity contribution >= 4 is 27.5 Å². The molecule has 0 radical (unpaired) electrons. The van der Waals surface area contributed by atoms with Crippen LogP contribution in [0.25, 0.3) is 0 Å². The number of phenolic OH excluding ortho intramolecular Hbond substituents is 1. The van der Waals surface area contributed by atoms with Crippen LogP contribution in [0.15, 0.2) is 53.0 Å². The lowest BCUT2D eigenvalue weighted by atomic mass is 10.2. The van der Waals surface area contributed by atoms with Crippen LogP contribution in [0.2, 0.25) is 0 Å². The number of rotatable bonds is 2. The predicted octanol–water partition coefficient (Wildman–Crippen LogP) is 3.43. The van der Waals surface area contributed by atoms with Gasteiger partial charge >= 0.3 is 0 Å². The molecular weight excluding hydrogens is 294 g/mol. The van der Waals surface area contributed by atoms with Gasteiger partial charge in [0.25, 0.3) is 5.91 Å². The Labute approximate surface area is 114 Å². The Bertz CT molecular complexity index is 584. The predicted molar refractivity (Wildman–Crippen MR) is 75.0 cm³/mol. The largest absolute Gasteiger partial charge is 0.506 e. The molecule has 0 fully saturated rings. The number of carbonyl (C=O) groups excluding carboxylic acids is 1. The molecular formula is C14H12BrNO2. The molecule has 3 nitrogen and oxygen atoms in total. The van der Waals surface area contributed by atoms with Gasteiger partial charge in [-0.25, -0.2) is 0 Å². The maximum absolute atomic E-state index is 12.2. The van der Waals surface area contributed by atoms with E-state index >= 15 is 0 Å². The van der Waals surface area contributed by atoms with Crippen LogP contribution < -0.4 is 4.90 Å². The van der Waals surface area contributed by atoms with E-state index in [0.717, 1.165) is 4.47 Å². The molecule has 0 heterocycles. The molecule has 1 N–H and O–H groups in total. The van der Waals surface area contributed by atoms with Gasteiger partial charge in [-0.15, -0.1) is 0 Å². The Balaban J connectivity index is 2.32. The van der Waals surface area contributed by atoms with Crippen molar-refractivity contribution in [1.82, 2.24) is 0 Å². The maximum atomic E-state index is 12.2. The van der Waals surface area contributed by atoms with E-state index < -0.39 is 0 Å². The van der Waals surface area contributed by atoms with Crippen molar-refractivity contribution in [1.29, 1.82) is 0 Å². The summed E-state index contributed by atoms with van der Waals surface area (Å²) >= 11 is 3.33. The third-order valence-electron chi connectivity index (χ3n) is 2.62. The van der Waals surface area contributed by atoms with Gasteiger partial charge in [-0.1, -0.05) is 34.1 Å². The summed E-state index contributed by atoms with van der Waals surface area (Å²) in [6.07, 6.45) is 0. The second-order valence-corrected chi connectivity index (χ2v) is 4.78. The maximum Gasteiger partial charge on any atom is 0.258 e. The average Bonchev–Trinajstić information content (AvgIpc) is 2.37. The fraction of sp³-hybridized carbons (Fsp3) is 0.0714. The summed E-state index contributed by atoms with van der Waals surface area (Å²) in [7, 11) is 1.64. The Kier molecular flexibility index (Phi) is 3.67. The number of aromatic hydroxyl groups is 1. The zero-order valence-electron chi connectivity index (χ0n) is 9.80. The Morgan fingerprint density at radius 2 is 1.89 bits per heavy atom. The number of benzene rings is 2. The minimum absolute atomic E-state index is 0.0864. The van der Waals surface area contributed by atoms with Crippen LogP contribution in [-0.4, -0.2) is 18.1 Å². The summed E-state index contributed by atoms with van der Waals surface area (Å²) in [4.78, 5) is 13.7. The van der Waals surface area contributed by atoms with E-state index in [1.165, 1.54) is 4.90 Å². The Morgan fingerprint density at radius 3 is 2.56 bits per heavy atom. The van der Waals surface area contributed by atoms with Gasteiger partial charge in [-0.05, 0) is 30.3 Å². The summed E-state index contributed by atoms with van der Waals surface area (Å²) in [5.41, 5.74) is 1.05. The lowest BCUT2D eigenvalue weighted by Gasteiger charge is -2.18. The number of amides is 1. The van der Waals surface area contributed by atoms with Gasteiger partial charge in [0.2, 0.25) is 0 Å². The number of carbonyl (C=O) groups is 1. The summed E-state index contributed by atoms with van der Waals surface area (Å²) < 4.78 is 0.846. The molecule has 0 bridgehead atoms. The van der Waals surface area contributed by atoms with Gasteiger partial charge in [-0.2, -0.15) is 0 Å². The molecule has 0 atom stereocenters. The third kappa shape index (κ3) is 2.54. The van der Waals surface area contributed by atoms with Gasteiger partial charge < -0.3 is 10.0 Å². The Morgan fingerprint density at radius 1 is 1.17 bits per heavy atom. The van der Waals surface area contributed by atoms with Crippen LogP contribution in [0.3, 0.4) is 0 Å². The molecule has 2 rings (SSSR count). The molecule has 18 heavy (non-hydrogen) atoms. The number of hydrogen-bond donors (Lipinski definition) is 1. The number of phenols is 1. The number of halogens is 1. The molecule has 4 heteroatoms. The van der Waals surface area contributed by atoms with Crippen molar-refractivity contribution in [3.63, 3.8) is 0 Å². The molecule has 0 saturated heterocycles. The van der Waals surface area contributed by atoms with Gasteiger partial charge in [0.05, 0.1) is 5.69 Å². The van der Waals surface area contributed by atoms with Crippen LogP contribution in [0.4, 0.5) is 5.69 Å². The van der Waals surface area contributed by atoms with Crippen molar-refractivity contribution in [3.8, 4) is 5.75 Å². The van der Waals surface area contributed by atoms with Crippen LogP contribution in [0.5, 0.6) is 5.75 Å². The fourth-order valence-corrected chi connectivity index (χ4v) is 2.07. The normalized spacial score (nSPS) is 10.1. The highest BCUT2D eigenvalue weighted by molar-refractivity contribution is 9.10. The fourth-order valence-electron chi connectivity index (χ4n) is 1.67. The molecule has 0 spiro atoms. The van der Waals surface area contributed by atoms with Crippen LogP contribution in [-0.2, 0) is 0 Å². The number of para-hydroxylation sites is 2. The number of anilines is 1. The molecule has 2 aromatic carbocycles. The molecule has 0 unspecified atom stereocenters. The van der Waals surface area contributed by atoms with Crippen molar-refractivity contribution in [2.75, 3.05) is 11.9 Å². The second-order valence-electron chi connectivity index (χ2n) is 3.86. The monoisotopic (exact) mass is 305 g/mol. The topological polar surface area (TPSA) is 40.5 Å². The molecule has 0 aromatic heterocycles. The van der Waals surface area contributed by atoms with Crippen molar-refractivity contribution in [3.05, 3.63) is 58.6 Å². The zero-order chi connectivity index (χ0) is 13.1. The first-order valence-electron chi connectivity index (χ1n) is 5.41. The molecule has 0 aliphatic rings. The lowest BCUT2D eigenvalue weighted by Crippen LogP contribution is -2.26. The standard InChI is InChI=1S/C14H12BrNO2/c1-16(12-7-2-3-8-13(12)17)14(18)10-5-4-6-11(15)9-10/h2-9,17H,1H3. The van der Waals surface area contributed by atoms with E-state index in [1.54, 1.807) is 49.5 Å². The summed E-state index contributed by atoms with van der Waals surface area (Å²) in [5.74, 6) is -0.0823. The second kappa shape index (κ2) is 5.23. The molecule has 0 aliphatic heterocycles. The van der Waals surface area contributed by atoms with Crippen LogP contribution in [0.1, 0.15) is 10.4 Å². The lowest BCUT2D eigenvalue weighted by molar-refractivity contribution is 0.0992. The van der Waals surface area contributed by atoms with Gasteiger partial charge in [-0.3, -0.25) is 4.79 Å². The highest BCUT2D eigenvalue weighted by Gasteiger charge is 2.15. The molecule has 1 amide bonds. The summed E-state index contributed by atoms with van der Waals surface area (Å²) in [5, 5.41) is 9.73. The van der Waals surface area contributed by atoms with Crippen LogP contribution >= 0.6 is 15.9 Å². The molecule has 92 valence electrons. The van der Waals surface area contributed by atoms with Gasteiger partial charge in [0.1, 0.15) is 5.75 Å². The first-order valence-corrected chi connectivity index (χ1v) is 6.20. The molecule has 0 aliphatic carbocycles. The highest BCUT2D eigenvalue weighted by Crippen LogP contribution is 2.26. The van der Waals surface area contributed by atoms with Gasteiger partial charge in [0.15, 0.2) is 0 Å². The first-order chi connectivity index (χ1) is 8.59. The minimum Gasteiger partial charge on any atom is -0.506 e. The average molecular weight is 306 g/mol. The third-order valence-corrected chi connectivity index (χ3v) is 3.11. The minimum atomic E-state index is -0.169. The Hall–Kier alpha value is -1.81. The van der Waals surface area contributed by atoms with E-state index in [9.17, 15) is 9.90 Å². The van der Waals surface area contributed by atoms with Gasteiger partial charge in [0, 0.05) is 17.1 Å². The molecule has 2 aromatic rings. The van der Waals surface area contributed by atoms with Crippen molar-refractivity contribution in [2.45, 2.75) is 0 Å². The van der Waals surface area contributed by atoms with E-state index in [0.29, 0.717) is 11.3 Å². The van der Waals surface area contributed by atoms with E-state index in [2.05, 4.69) is 15.9 Å². The van der Waals surface area contributed by atoms with E-state index in [-0.39, 0.29) is 11.7 Å². The number of nitrogens with zero attached hydrogens (tertiary/aromatic N) is 1.